The lowest BCUT2D eigenvalue weighted by atomic mass is 9.97. The number of piperidine rings is 1. The zero-order valence-electron chi connectivity index (χ0n) is 19.0. The van der Waals surface area contributed by atoms with E-state index in [2.05, 4.69) is 25.9 Å². The van der Waals surface area contributed by atoms with Crippen LogP contribution in [0.4, 0.5) is 5.82 Å². The van der Waals surface area contributed by atoms with Gasteiger partial charge in [0.1, 0.15) is 5.82 Å². The molecule has 0 radical (unpaired) electrons. The molecule has 0 aromatic carbocycles. The van der Waals surface area contributed by atoms with Crippen molar-refractivity contribution in [3.8, 4) is 0 Å². The molecule has 0 saturated carbocycles. The van der Waals surface area contributed by atoms with Gasteiger partial charge in [0.2, 0.25) is 5.91 Å². The van der Waals surface area contributed by atoms with Crippen molar-refractivity contribution >= 4 is 17.8 Å². The van der Waals surface area contributed by atoms with E-state index in [1.54, 1.807) is 6.08 Å². The summed E-state index contributed by atoms with van der Waals surface area (Å²) in [4.78, 5) is 24.2. The highest BCUT2D eigenvalue weighted by Gasteiger charge is 2.26. The van der Waals surface area contributed by atoms with Crippen LogP contribution in [0.5, 0.6) is 0 Å². The summed E-state index contributed by atoms with van der Waals surface area (Å²) >= 11 is 0. The van der Waals surface area contributed by atoms with Crippen LogP contribution in [0, 0.1) is 19.8 Å². The van der Waals surface area contributed by atoms with Gasteiger partial charge in [0.05, 0.1) is 5.69 Å². The Morgan fingerprint density at radius 2 is 1.97 bits per heavy atom. The maximum atomic E-state index is 12.8. The van der Waals surface area contributed by atoms with Crippen LogP contribution in [0.15, 0.2) is 30.5 Å². The molecule has 0 N–H and O–H groups in total. The van der Waals surface area contributed by atoms with Crippen LogP contribution in [0.2, 0.25) is 0 Å². The van der Waals surface area contributed by atoms with Gasteiger partial charge >= 0.3 is 0 Å². The molecular weight excluding hydrogens is 388 g/mol. The molecule has 2 aliphatic heterocycles. The summed E-state index contributed by atoms with van der Waals surface area (Å²) in [5.41, 5.74) is 3.10. The highest BCUT2D eigenvalue weighted by Crippen LogP contribution is 2.21. The van der Waals surface area contributed by atoms with Gasteiger partial charge in [-0.2, -0.15) is 5.10 Å². The van der Waals surface area contributed by atoms with Gasteiger partial charge in [-0.25, -0.2) is 4.98 Å². The SMILES string of the molecule is Cc1nn(C)c(C)c1/C=C/C(=O)N1CCCC(CN2CCN(c3ccccn3)CC2)C1. The first-order valence-corrected chi connectivity index (χ1v) is 11.4. The Morgan fingerprint density at radius 3 is 2.65 bits per heavy atom. The fourth-order valence-electron chi connectivity index (χ4n) is 4.77. The molecule has 0 spiro atoms. The van der Waals surface area contributed by atoms with Crippen molar-refractivity contribution in [1.82, 2.24) is 24.6 Å². The number of anilines is 1. The lowest BCUT2D eigenvalue weighted by molar-refractivity contribution is -0.127. The molecule has 1 amide bonds. The smallest absolute Gasteiger partial charge is 0.246 e. The van der Waals surface area contributed by atoms with Crippen molar-refractivity contribution in [3.63, 3.8) is 0 Å². The highest BCUT2D eigenvalue weighted by molar-refractivity contribution is 5.92. The van der Waals surface area contributed by atoms with Gasteiger partial charge in [0, 0.05) is 76.4 Å². The van der Waals surface area contributed by atoms with E-state index in [9.17, 15) is 4.79 Å². The number of likely N-dealkylation sites (tertiary alicyclic amines) is 1. The first kappa shape index (κ1) is 21.6. The molecule has 2 aliphatic rings. The van der Waals surface area contributed by atoms with Gasteiger partial charge in [-0.3, -0.25) is 14.4 Å². The van der Waals surface area contributed by atoms with Crippen molar-refractivity contribution < 1.29 is 4.79 Å². The molecule has 166 valence electrons. The average Bonchev–Trinajstić information content (AvgIpc) is 3.04. The van der Waals surface area contributed by atoms with Crippen LogP contribution in [0.3, 0.4) is 0 Å². The standard InChI is InChI=1S/C24H34N6O/c1-19-22(20(2)27(3)26-19)9-10-24(31)30-12-6-7-21(18-30)17-28-13-15-29(16-14-28)23-8-4-5-11-25-23/h4-5,8-11,21H,6-7,12-18H2,1-3H3/b10-9+. The zero-order chi connectivity index (χ0) is 21.8. The molecule has 2 saturated heterocycles. The molecular formula is C24H34N6O. The predicted molar refractivity (Wildman–Crippen MR) is 124 cm³/mol. The van der Waals surface area contributed by atoms with Crippen molar-refractivity contribution in [1.29, 1.82) is 0 Å². The molecule has 7 heteroatoms. The molecule has 31 heavy (non-hydrogen) atoms. The van der Waals surface area contributed by atoms with Crippen molar-refractivity contribution in [3.05, 3.63) is 47.4 Å². The third kappa shape index (κ3) is 5.15. The molecule has 2 aromatic rings. The van der Waals surface area contributed by atoms with Crippen LogP contribution < -0.4 is 4.90 Å². The third-order valence-corrected chi connectivity index (χ3v) is 6.65. The Labute approximate surface area is 185 Å². The van der Waals surface area contributed by atoms with Crippen LogP contribution >= 0.6 is 0 Å². The summed E-state index contributed by atoms with van der Waals surface area (Å²) in [5.74, 6) is 1.74. The second-order valence-corrected chi connectivity index (χ2v) is 8.81. The van der Waals surface area contributed by atoms with Crippen molar-refractivity contribution in [2.24, 2.45) is 13.0 Å². The Hall–Kier alpha value is -2.67. The molecule has 2 fully saturated rings. The van der Waals surface area contributed by atoms with Crippen LogP contribution in [-0.2, 0) is 11.8 Å². The van der Waals surface area contributed by atoms with Gasteiger partial charge in [0.15, 0.2) is 0 Å². The minimum atomic E-state index is 0.118. The normalized spacial score (nSPS) is 20.5. The number of aromatic nitrogens is 3. The van der Waals surface area contributed by atoms with Crippen LogP contribution in [0.25, 0.3) is 6.08 Å². The summed E-state index contributed by atoms with van der Waals surface area (Å²) in [5, 5.41) is 4.43. The van der Waals surface area contributed by atoms with Crippen molar-refractivity contribution in [2.75, 3.05) is 50.7 Å². The Balaban J connectivity index is 1.28. The van der Waals surface area contributed by atoms with E-state index in [4.69, 9.17) is 0 Å². The van der Waals surface area contributed by atoms with E-state index in [0.717, 1.165) is 75.0 Å². The van der Waals surface area contributed by atoms with Gasteiger partial charge in [-0.15, -0.1) is 0 Å². The molecule has 0 bridgehead atoms. The fourth-order valence-corrected chi connectivity index (χ4v) is 4.77. The van der Waals surface area contributed by atoms with E-state index >= 15 is 0 Å². The number of carbonyl (C=O) groups excluding carboxylic acids is 1. The van der Waals surface area contributed by atoms with Crippen LogP contribution in [0.1, 0.15) is 29.8 Å². The second kappa shape index (κ2) is 9.64. The number of pyridine rings is 1. The van der Waals surface area contributed by atoms with E-state index in [-0.39, 0.29) is 5.91 Å². The van der Waals surface area contributed by atoms with Gasteiger partial charge in [-0.05, 0) is 50.8 Å². The monoisotopic (exact) mass is 422 g/mol. The second-order valence-electron chi connectivity index (χ2n) is 8.81. The van der Waals surface area contributed by atoms with E-state index in [0.29, 0.717) is 5.92 Å². The summed E-state index contributed by atoms with van der Waals surface area (Å²) in [6.45, 7) is 11.0. The number of rotatable bonds is 5. The number of amides is 1. The lowest BCUT2D eigenvalue weighted by Gasteiger charge is -2.39. The zero-order valence-corrected chi connectivity index (χ0v) is 19.0. The molecule has 0 aliphatic carbocycles. The molecule has 4 heterocycles. The highest BCUT2D eigenvalue weighted by atomic mass is 16.2. The molecule has 4 rings (SSSR count). The summed E-state index contributed by atoms with van der Waals surface area (Å²) < 4.78 is 1.87. The first-order valence-electron chi connectivity index (χ1n) is 11.4. The number of nitrogens with zero attached hydrogens (tertiary/aromatic N) is 6. The third-order valence-electron chi connectivity index (χ3n) is 6.65. The molecule has 7 nitrogen and oxygen atoms in total. The van der Waals surface area contributed by atoms with Gasteiger partial charge < -0.3 is 9.80 Å². The number of piperazine rings is 1. The minimum Gasteiger partial charge on any atom is -0.354 e. The number of carbonyl (C=O) groups is 1. The lowest BCUT2D eigenvalue weighted by Crippen LogP contribution is -2.50. The van der Waals surface area contributed by atoms with Crippen LogP contribution in [-0.4, -0.2) is 76.3 Å². The average molecular weight is 423 g/mol. The van der Waals surface area contributed by atoms with E-state index < -0.39 is 0 Å². The molecule has 1 atom stereocenters. The Kier molecular flexibility index (Phi) is 6.70. The van der Waals surface area contributed by atoms with Gasteiger partial charge in [0.25, 0.3) is 0 Å². The minimum absolute atomic E-state index is 0.118. The summed E-state index contributed by atoms with van der Waals surface area (Å²) in [6, 6.07) is 6.10. The summed E-state index contributed by atoms with van der Waals surface area (Å²) in [7, 11) is 1.94. The maximum Gasteiger partial charge on any atom is 0.246 e. The largest absolute Gasteiger partial charge is 0.354 e. The number of hydrogen-bond acceptors (Lipinski definition) is 5. The Morgan fingerprint density at radius 1 is 1.16 bits per heavy atom. The summed E-state index contributed by atoms with van der Waals surface area (Å²) in [6.07, 6.45) is 7.81. The number of hydrogen-bond donors (Lipinski definition) is 0. The topological polar surface area (TPSA) is 57.5 Å². The Bertz CT molecular complexity index is 914. The quantitative estimate of drug-likeness (QED) is 0.693. The first-order chi connectivity index (χ1) is 15.0. The molecule has 2 aromatic heterocycles. The van der Waals surface area contributed by atoms with Crippen molar-refractivity contribution in [2.45, 2.75) is 26.7 Å². The van der Waals surface area contributed by atoms with E-state index in [1.165, 1.54) is 6.42 Å². The fraction of sp³-hybridized carbons (Fsp3) is 0.542. The van der Waals surface area contributed by atoms with E-state index in [1.807, 2.05) is 54.9 Å². The molecule has 1 unspecified atom stereocenters. The van der Waals surface area contributed by atoms with Gasteiger partial charge in [-0.1, -0.05) is 6.07 Å². The predicted octanol–water partition coefficient (Wildman–Crippen LogP) is 2.51. The maximum absolute atomic E-state index is 12.8. The number of aryl methyl sites for hydroxylation is 2.